The molecule has 0 unspecified atom stereocenters. The monoisotopic (exact) mass is 266 g/mol. The number of hydrogen-bond donors (Lipinski definition) is 1. The molecular weight excluding hydrogens is 256 g/mol. The standard InChI is InChI=1S/C15H10N2O3/c16-10-13(12-4-2-1-3-5-12)8-11-6-7-15(18)14(9-11)17(19)20/h1-9,18H/b13-8+. The van der Waals surface area contributed by atoms with Crippen molar-refractivity contribution in [2.45, 2.75) is 0 Å². The van der Waals surface area contributed by atoms with Crippen LogP contribution in [0.25, 0.3) is 11.6 Å². The lowest BCUT2D eigenvalue weighted by Crippen LogP contribution is -1.89. The summed E-state index contributed by atoms with van der Waals surface area (Å²) in [5.74, 6) is -0.398. The van der Waals surface area contributed by atoms with Gasteiger partial charge in [-0.1, -0.05) is 36.4 Å². The first-order chi connectivity index (χ1) is 9.61. The van der Waals surface area contributed by atoms with Gasteiger partial charge in [0.15, 0.2) is 5.75 Å². The van der Waals surface area contributed by atoms with Crippen molar-refractivity contribution in [3.63, 3.8) is 0 Å². The molecule has 0 bridgehead atoms. The average molecular weight is 266 g/mol. The number of nitro groups is 1. The van der Waals surface area contributed by atoms with Crippen LogP contribution in [0.2, 0.25) is 0 Å². The molecule has 20 heavy (non-hydrogen) atoms. The molecule has 5 heteroatoms. The molecule has 0 saturated carbocycles. The van der Waals surface area contributed by atoms with Crippen LogP contribution in [-0.2, 0) is 0 Å². The molecule has 0 aromatic heterocycles. The fraction of sp³-hybridized carbons (Fsp3) is 0. The summed E-state index contributed by atoms with van der Waals surface area (Å²) in [5, 5.41) is 29.3. The van der Waals surface area contributed by atoms with E-state index in [1.54, 1.807) is 30.3 Å². The molecule has 2 aromatic carbocycles. The van der Waals surface area contributed by atoms with Gasteiger partial charge in [0.1, 0.15) is 0 Å². The second-order valence-corrected chi connectivity index (χ2v) is 4.04. The Morgan fingerprint density at radius 2 is 1.95 bits per heavy atom. The van der Waals surface area contributed by atoms with E-state index >= 15 is 0 Å². The molecule has 0 saturated heterocycles. The molecule has 1 N–H and O–H groups in total. The number of nitriles is 1. The molecular formula is C15H10N2O3. The second kappa shape index (κ2) is 5.67. The van der Waals surface area contributed by atoms with Crippen LogP contribution in [0, 0.1) is 21.4 Å². The summed E-state index contributed by atoms with van der Waals surface area (Å²) in [7, 11) is 0. The number of nitrogens with zero attached hydrogens (tertiary/aromatic N) is 2. The van der Waals surface area contributed by atoms with Crippen LogP contribution in [0.15, 0.2) is 48.5 Å². The summed E-state index contributed by atoms with van der Waals surface area (Å²) in [5.41, 5.74) is 1.22. The van der Waals surface area contributed by atoms with E-state index in [0.717, 1.165) is 5.56 Å². The third kappa shape index (κ3) is 2.82. The molecule has 0 fully saturated rings. The van der Waals surface area contributed by atoms with E-state index in [1.807, 2.05) is 6.07 Å². The van der Waals surface area contributed by atoms with Crippen molar-refractivity contribution in [3.8, 4) is 11.8 Å². The van der Waals surface area contributed by atoms with Gasteiger partial charge in [0, 0.05) is 6.07 Å². The van der Waals surface area contributed by atoms with Crippen LogP contribution in [0.1, 0.15) is 11.1 Å². The summed E-state index contributed by atoms with van der Waals surface area (Å²) in [6, 6.07) is 15.1. The highest BCUT2D eigenvalue weighted by atomic mass is 16.6. The zero-order valence-electron chi connectivity index (χ0n) is 10.4. The van der Waals surface area contributed by atoms with Crippen LogP contribution < -0.4 is 0 Å². The predicted octanol–water partition coefficient (Wildman–Crippen LogP) is 3.36. The minimum Gasteiger partial charge on any atom is -0.502 e. The zero-order chi connectivity index (χ0) is 14.5. The maximum absolute atomic E-state index is 10.8. The number of benzene rings is 2. The number of phenolic OH excluding ortho intramolecular Hbond substituents is 1. The van der Waals surface area contributed by atoms with Crippen LogP contribution in [0.4, 0.5) is 5.69 Å². The molecule has 0 amide bonds. The largest absolute Gasteiger partial charge is 0.502 e. The van der Waals surface area contributed by atoms with Crippen molar-refractivity contribution in [2.24, 2.45) is 0 Å². The fourth-order valence-electron chi connectivity index (χ4n) is 1.74. The summed E-state index contributed by atoms with van der Waals surface area (Å²) < 4.78 is 0. The topological polar surface area (TPSA) is 87.2 Å². The van der Waals surface area contributed by atoms with E-state index in [1.165, 1.54) is 18.2 Å². The predicted molar refractivity (Wildman–Crippen MR) is 74.7 cm³/mol. The molecule has 0 aliphatic carbocycles. The maximum atomic E-state index is 10.8. The maximum Gasteiger partial charge on any atom is 0.311 e. The first-order valence-electron chi connectivity index (χ1n) is 5.76. The van der Waals surface area contributed by atoms with Crippen molar-refractivity contribution in [1.82, 2.24) is 0 Å². The van der Waals surface area contributed by atoms with E-state index in [0.29, 0.717) is 11.1 Å². The fourth-order valence-corrected chi connectivity index (χ4v) is 1.74. The highest BCUT2D eigenvalue weighted by molar-refractivity contribution is 5.89. The van der Waals surface area contributed by atoms with Crippen LogP contribution in [0.3, 0.4) is 0 Å². The van der Waals surface area contributed by atoms with Crippen molar-refractivity contribution in [1.29, 1.82) is 5.26 Å². The van der Waals surface area contributed by atoms with Gasteiger partial charge in [0.05, 0.1) is 16.6 Å². The number of allylic oxidation sites excluding steroid dienone is 1. The third-order valence-electron chi connectivity index (χ3n) is 2.71. The minimum absolute atomic E-state index is 0.385. The molecule has 2 rings (SSSR count). The Morgan fingerprint density at radius 3 is 2.55 bits per heavy atom. The number of phenols is 1. The lowest BCUT2D eigenvalue weighted by molar-refractivity contribution is -0.385. The third-order valence-corrected chi connectivity index (χ3v) is 2.71. The van der Waals surface area contributed by atoms with E-state index in [4.69, 9.17) is 0 Å². The SMILES string of the molecule is N#C/C(=C\c1ccc(O)c([N+](=O)[O-])c1)c1ccccc1. The highest BCUT2D eigenvalue weighted by Gasteiger charge is 2.13. The summed E-state index contributed by atoms with van der Waals surface area (Å²) in [4.78, 5) is 10.1. The van der Waals surface area contributed by atoms with Gasteiger partial charge in [0.2, 0.25) is 0 Å². The molecule has 0 aliphatic rings. The quantitative estimate of drug-likeness (QED) is 0.399. The van der Waals surface area contributed by atoms with Crippen molar-refractivity contribution in [3.05, 3.63) is 69.8 Å². The Hall–Kier alpha value is -3.13. The van der Waals surface area contributed by atoms with Crippen LogP contribution >= 0.6 is 0 Å². The summed E-state index contributed by atoms with van der Waals surface area (Å²) in [6.07, 6.45) is 1.54. The van der Waals surface area contributed by atoms with Gasteiger partial charge >= 0.3 is 5.69 Å². The molecule has 0 heterocycles. The van der Waals surface area contributed by atoms with Crippen LogP contribution in [0.5, 0.6) is 5.75 Å². The van der Waals surface area contributed by atoms with E-state index in [9.17, 15) is 20.5 Å². The Bertz CT molecular complexity index is 716. The average Bonchev–Trinajstić information content (AvgIpc) is 2.47. The zero-order valence-corrected chi connectivity index (χ0v) is 10.4. The van der Waals surface area contributed by atoms with E-state index < -0.39 is 10.7 Å². The van der Waals surface area contributed by atoms with Gasteiger partial charge in [-0.05, 0) is 23.3 Å². The molecule has 0 radical (unpaired) electrons. The second-order valence-electron chi connectivity index (χ2n) is 4.04. The summed E-state index contributed by atoms with van der Waals surface area (Å²) >= 11 is 0. The van der Waals surface area contributed by atoms with Crippen molar-refractivity contribution >= 4 is 17.3 Å². The normalized spacial score (nSPS) is 10.8. The number of rotatable bonds is 3. The summed E-state index contributed by atoms with van der Waals surface area (Å²) in [6.45, 7) is 0. The van der Waals surface area contributed by atoms with E-state index in [-0.39, 0.29) is 5.69 Å². The Morgan fingerprint density at radius 1 is 1.25 bits per heavy atom. The Balaban J connectivity index is 2.47. The van der Waals surface area contributed by atoms with Gasteiger partial charge in [-0.15, -0.1) is 0 Å². The first kappa shape index (κ1) is 13.3. The smallest absolute Gasteiger partial charge is 0.311 e. The first-order valence-corrected chi connectivity index (χ1v) is 5.76. The van der Waals surface area contributed by atoms with Gasteiger partial charge in [-0.25, -0.2) is 0 Å². The molecule has 0 aliphatic heterocycles. The molecule has 0 spiro atoms. The minimum atomic E-state index is -0.665. The Kier molecular flexibility index (Phi) is 3.77. The number of hydrogen-bond acceptors (Lipinski definition) is 4. The number of aromatic hydroxyl groups is 1. The highest BCUT2D eigenvalue weighted by Crippen LogP contribution is 2.28. The molecule has 2 aromatic rings. The lowest BCUT2D eigenvalue weighted by Gasteiger charge is -2.01. The van der Waals surface area contributed by atoms with Crippen molar-refractivity contribution in [2.75, 3.05) is 0 Å². The van der Waals surface area contributed by atoms with Crippen molar-refractivity contribution < 1.29 is 10.0 Å². The van der Waals surface area contributed by atoms with Crippen LogP contribution in [-0.4, -0.2) is 10.0 Å². The molecule has 0 atom stereocenters. The Labute approximate surface area is 115 Å². The van der Waals surface area contributed by atoms with E-state index in [2.05, 4.69) is 6.07 Å². The lowest BCUT2D eigenvalue weighted by atomic mass is 10.0. The van der Waals surface area contributed by atoms with Gasteiger partial charge in [-0.2, -0.15) is 5.26 Å². The molecule has 98 valence electrons. The van der Waals surface area contributed by atoms with Gasteiger partial charge in [-0.3, -0.25) is 10.1 Å². The van der Waals surface area contributed by atoms with Gasteiger partial charge in [0.25, 0.3) is 0 Å². The number of nitro benzene ring substituents is 1. The van der Waals surface area contributed by atoms with Gasteiger partial charge < -0.3 is 5.11 Å². The molecule has 5 nitrogen and oxygen atoms in total.